The average molecular weight is 363 g/mol. The van der Waals surface area contributed by atoms with Crippen LogP contribution in [-0.2, 0) is 11.2 Å². The van der Waals surface area contributed by atoms with Crippen LogP contribution in [0, 0.1) is 0 Å². The van der Waals surface area contributed by atoms with Crippen LogP contribution in [0.15, 0.2) is 12.4 Å². The number of hydrogen-bond donors (Lipinski definition) is 1. The zero-order chi connectivity index (χ0) is 14.7. The number of amides is 1. The van der Waals surface area contributed by atoms with Gasteiger partial charge >= 0.3 is 0 Å². The normalized spacial score (nSPS) is 24.0. The van der Waals surface area contributed by atoms with Crippen molar-refractivity contribution in [3.8, 4) is 0 Å². The first-order valence-electron chi connectivity index (χ1n) is 8.30. The summed E-state index contributed by atoms with van der Waals surface area (Å²) in [5.74, 6) is 1.45. The van der Waals surface area contributed by atoms with Crippen LogP contribution in [0.2, 0.25) is 0 Å². The first-order valence-corrected chi connectivity index (χ1v) is 8.30. The molecule has 2 aliphatic rings. The molecule has 0 bridgehead atoms. The lowest BCUT2D eigenvalue weighted by molar-refractivity contribution is -0.133. The van der Waals surface area contributed by atoms with Gasteiger partial charge < -0.3 is 14.8 Å². The molecule has 0 aliphatic carbocycles. The van der Waals surface area contributed by atoms with Gasteiger partial charge in [-0.25, -0.2) is 4.98 Å². The molecule has 2 unspecified atom stereocenters. The second-order valence-corrected chi connectivity index (χ2v) is 6.24. The number of carbonyl (C=O) groups excluding carboxylic acids is 1. The lowest BCUT2D eigenvalue weighted by Crippen LogP contribution is -2.42. The molecule has 2 atom stereocenters. The number of nitrogens with zero attached hydrogens (tertiary/aromatic N) is 3. The van der Waals surface area contributed by atoms with Crippen molar-refractivity contribution >= 4 is 30.7 Å². The summed E-state index contributed by atoms with van der Waals surface area (Å²) in [5.41, 5.74) is 0. The van der Waals surface area contributed by atoms with E-state index in [4.69, 9.17) is 0 Å². The number of nitrogens with one attached hydrogen (secondary N) is 1. The van der Waals surface area contributed by atoms with E-state index in [0.29, 0.717) is 24.4 Å². The highest BCUT2D eigenvalue weighted by atomic mass is 35.5. The highest BCUT2D eigenvalue weighted by Crippen LogP contribution is 2.24. The zero-order valence-corrected chi connectivity index (χ0v) is 15.4. The van der Waals surface area contributed by atoms with Crippen LogP contribution >= 0.6 is 24.8 Å². The minimum Gasteiger partial charge on any atom is -0.341 e. The Balaban J connectivity index is 0.00000132. The van der Waals surface area contributed by atoms with Crippen molar-refractivity contribution < 1.29 is 4.79 Å². The lowest BCUT2D eigenvalue weighted by atomic mass is 10.0. The van der Waals surface area contributed by atoms with Crippen LogP contribution in [0.1, 0.15) is 50.9 Å². The highest BCUT2D eigenvalue weighted by Gasteiger charge is 2.27. The second kappa shape index (κ2) is 9.50. The van der Waals surface area contributed by atoms with Crippen molar-refractivity contribution in [2.45, 2.75) is 57.5 Å². The number of rotatable bonds is 4. The van der Waals surface area contributed by atoms with E-state index in [1.54, 1.807) is 0 Å². The molecule has 3 rings (SSSR count). The fraction of sp³-hybridized carbons (Fsp3) is 0.750. The van der Waals surface area contributed by atoms with Crippen molar-refractivity contribution in [1.82, 2.24) is 19.8 Å². The Morgan fingerprint density at radius 2 is 2.17 bits per heavy atom. The van der Waals surface area contributed by atoms with Gasteiger partial charge in [-0.15, -0.1) is 24.8 Å². The maximum atomic E-state index is 12.5. The fourth-order valence-corrected chi connectivity index (χ4v) is 3.63. The highest BCUT2D eigenvalue weighted by molar-refractivity contribution is 5.85. The van der Waals surface area contributed by atoms with Gasteiger partial charge in [-0.1, -0.05) is 6.92 Å². The number of likely N-dealkylation sites (tertiary alicyclic amines) is 1. The summed E-state index contributed by atoms with van der Waals surface area (Å²) in [4.78, 5) is 19.0. The third-order valence-electron chi connectivity index (χ3n) is 4.79. The summed E-state index contributed by atoms with van der Waals surface area (Å²) in [6, 6.07) is 0.800. The van der Waals surface area contributed by atoms with Crippen LogP contribution in [0.25, 0.3) is 0 Å². The predicted molar refractivity (Wildman–Crippen MR) is 96.6 cm³/mol. The van der Waals surface area contributed by atoms with Gasteiger partial charge in [0.15, 0.2) is 0 Å². The number of halogens is 2. The van der Waals surface area contributed by atoms with Gasteiger partial charge in [0.25, 0.3) is 0 Å². The number of imidazole rings is 1. The van der Waals surface area contributed by atoms with Crippen LogP contribution in [0.3, 0.4) is 0 Å². The maximum Gasteiger partial charge on any atom is 0.224 e. The molecule has 1 aromatic rings. The third kappa shape index (κ3) is 4.85. The molecule has 2 saturated heterocycles. The van der Waals surface area contributed by atoms with Gasteiger partial charge in [0.1, 0.15) is 5.82 Å². The smallest absolute Gasteiger partial charge is 0.224 e. The van der Waals surface area contributed by atoms with Gasteiger partial charge in [-0.05, 0) is 32.2 Å². The molecule has 1 N–H and O–H groups in total. The predicted octanol–water partition coefficient (Wildman–Crippen LogP) is 2.59. The second-order valence-electron chi connectivity index (χ2n) is 6.24. The molecule has 2 fully saturated rings. The number of piperidine rings is 1. The quantitative estimate of drug-likeness (QED) is 0.895. The molecule has 23 heavy (non-hydrogen) atoms. The van der Waals surface area contributed by atoms with E-state index in [0.717, 1.165) is 51.1 Å². The van der Waals surface area contributed by atoms with E-state index >= 15 is 0 Å². The Bertz CT molecular complexity index is 488. The van der Waals surface area contributed by atoms with Crippen molar-refractivity contribution in [3.05, 3.63) is 18.2 Å². The van der Waals surface area contributed by atoms with Gasteiger partial charge in [-0.2, -0.15) is 0 Å². The molecule has 7 heteroatoms. The van der Waals surface area contributed by atoms with Crippen molar-refractivity contribution in [3.63, 3.8) is 0 Å². The largest absolute Gasteiger partial charge is 0.341 e. The summed E-state index contributed by atoms with van der Waals surface area (Å²) in [7, 11) is 0. The third-order valence-corrected chi connectivity index (χ3v) is 4.79. The van der Waals surface area contributed by atoms with Gasteiger partial charge in [0.2, 0.25) is 5.91 Å². The Morgan fingerprint density at radius 3 is 2.87 bits per heavy atom. The number of carbonyl (C=O) groups is 1. The van der Waals surface area contributed by atoms with Gasteiger partial charge in [0, 0.05) is 44.4 Å². The van der Waals surface area contributed by atoms with E-state index in [1.807, 2.05) is 6.20 Å². The standard InChI is InChI=1S/C16H26N4O.2ClH/c1-2-15-18-8-10-20(15)14-6-4-9-19(12-14)16(21)11-13-5-3-7-17-13;;/h8,10,13-14,17H,2-7,9,11-12H2,1H3;2*1H. The van der Waals surface area contributed by atoms with Crippen molar-refractivity contribution in [1.29, 1.82) is 0 Å². The molecule has 132 valence electrons. The van der Waals surface area contributed by atoms with E-state index in [2.05, 4.69) is 32.9 Å². The average Bonchev–Trinajstić information content (AvgIpc) is 3.18. The van der Waals surface area contributed by atoms with E-state index in [-0.39, 0.29) is 24.8 Å². The Morgan fingerprint density at radius 1 is 1.35 bits per heavy atom. The summed E-state index contributed by atoms with van der Waals surface area (Å²) >= 11 is 0. The van der Waals surface area contributed by atoms with Crippen LogP contribution in [0.4, 0.5) is 0 Å². The van der Waals surface area contributed by atoms with Crippen molar-refractivity contribution in [2.75, 3.05) is 19.6 Å². The number of aromatic nitrogens is 2. The summed E-state index contributed by atoms with van der Waals surface area (Å²) < 4.78 is 2.27. The molecule has 5 nitrogen and oxygen atoms in total. The van der Waals surface area contributed by atoms with Crippen LogP contribution in [0.5, 0.6) is 0 Å². The molecule has 0 saturated carbocycles. The Labute approximate surface area is 151 Å². The molecule has 1 amide bonds. The molecule has 3 heterocycles. The monoisotopic (exact) mass is 362 g/mol. The molecule has 1 aromatic heterocycles. The molecule has 0 aromatic carbocycles. The zero-order valence-electron chi connectivity index (χ0n) is 13.7. The number of hydrogen-bond acceptors (Lipinski definition) is 3. The van der Waals surface area contributed by atoms with Crippen molar-refractivity contribution in [2.24, 2.45) is 0 Å². The SMILES string of the molecule is CCc1nccn1C1CCCN(C(=O)CC2CCCN2)C1.Cl.Cl. The maximum absolute atomic E-state index is 12.5. The number of aryl methyl sites for hydroxylation is 1. The van der Waals surface area contributed by atoms with Gasteiger partial charge in [-0.3, -0.25) is 4.79 Å². The molecular weight excluding hydrogens is 335 g/mol. The molecule has 0 spiro atoms. The topological polar surface area (TPSA) is 50.2 Å². The minimum atomic E-state index is 0. The van der Waals surface area contributed by atoms with Crippen LogP contribution in [-0.4, -0.2) is 46.0 Å². The summed E-state index contributed by atoms with van der Waals surface area (Å²) in [5, 5.41) is 3.42. The minimum absolute atomic E-state index is 0. The first kappa shape index (κ1) is 20.3. The van der Waals surface area contributed by atoms with E-state index in [1.165, 1.54) is 6.42 Å². The molecular formula is C16H28Cl2N4O. The molecule has 2 aliphatic heterocycles. The van der Waals surface area contributed by atoms with Crippen LogP contribution < -0.4 is 5.32 Å². The summed E-state index contributed by atoms with van der Waals surface area (Å²) in [6.45, 7) is 4.96. The van der Waals surface area contributed by atoms with E-state index < -0.39 is 0 Å². The summed E-state index contributed by atoms with van der Waals surface area (Å²) in [6.07, 6.45) is 10.1. The Hall–Kier alpha value is -0.780. The van der Waals surface area contributed by atoms with Gasteiger partial charge in [0.05, 0.1) is 6.04 Å². The fourth-order valence-electron chi connectivity index (χ4n) is 3.63. The molecule has 0 radical (unpaired) electrons. The van der Waals surface area contributed by atoms with E-state index in [9.17, 15) is 4.79 Å². The Kier molecular flexibility index (Phi) is 8.37. The lowest BCUT2D eigenvalue weighted by Gasteiger charge is -2.34. The first-order chi connectivity index (χ1) is 10.3.